The molecule has 0 aliphatic rings. The average Bonchev–Trinajstić information content (AvgIpc) is 2.36. The van der Waals surface area contributed by atoms with Gasteiger partial charge in [-0.25, -0.2) is 0 Å². The summed E-state index contributed by atoms with van der Waals surface area (Å²) in [5.74, 6) is 0. The van der Waals surface area contributed by atoms with Crippen molar-refractivity contribution in [2.45, 2.75) is 84.1 Å². The van der Waals surface area contributed by atoms with Crippen LogP contribution in [0.5, 0.6) is 0 Å². The van der Waals surface area contributed by atoms with Crippen LogP contribution in [0.25, 0.3) is 0 Å². The number of nitriles is 1. The highest BCUT2D eigenvalue weighted by Gasteiger charge is 2.04. The standard InChI is InChI=1S/C15H30N2/c1-3-5-7-9-11-13-17-15(14-16)12-10-8-6-4-2/h15,17H,3-13H2,1-2H3. The second kappa shape index (κ2) is 13.5. The maximum absolute atomic E-state index is 9.01. The Morgan fingerprint density at radius 2 is 1.47 bits per heavy atom. The molecule has 1 unspecified atom stereocenters. The Morgan fingerprint density at radius 3 is 2.06 bits per heavy atom. The summed E-state index contributed by atoms with van der Waals surface area (Å²) < 4.78 is 0. The Kier molecular flexibility index (Phi) is 13.1. The number of nitrogens with zero attached hydrogens (tertiary/aromatic N) is 1. The topological polar surface area (TPSA) is 35.8 Å². The minimum Gasteiger partial charge on any atom is -0.302 e. The molecule has 2 nitrogen and oxygen atoms in total. The van der Waals surface area contributed by atoms with E-state index in [1.165, 1.54) is 57.8 Å². The lowest BCUT2D eigenvalue weighted by Crippen LogP contribution is -2.28. The highest BCUT2D eigenvalue weighted by molar-refractivity contribution is 4.89. The van der Waals surface area contributed by atoms with Crippen molar-refractivity contribution in [2.75, 3.05) is 6.54 Å². The highest BCUT2D eigenvalue weighted by atomic mass is 14.9. The molecule has 0 aromatic heterocycles. The molecule has 0 bridgehead atoms. The van der Waals surface area contributed by atoms with Gasteiger partial charge in [0.15, 0.2) is 0 Å². The maximum atomic E-state index is 9.01. The van der Waals surface area contributed by atoms with Crippen LogP contribution >= 0.6 is 0 Å². The first-order valence-electron chi connectivity index (χ1n) is 7.48. The van der Waals surface area contributed by atoms with Crippen molar-refractivity contribution >= 4 is 0 Å². The van der Waals surface area contributed by atoms with E-state index < -0.39 is 0 Å². The summed E-state index contributed by atoms with van der Waals surface area (Å²) in [5, 5.41) is 12.4. The molecule has 0 saturated heterocycles. The Hall–Kier alpha value is -0.550. The molecule has 0 fully saturated rings. The summed E-state index contributed by atoms with van der Waals surface area (Å²) in [7, 11) is 0. The van der Waals surface area contributed by atoms with Crippen LogP contribution in [0.15, 0.2) is 0 Å². The molecule has 0 aromatic carbocycles. The Labute approximate surface area is 108 Å². The van der Waals surface area contributed by atoms with Crippen LogP contribution in [0.2, 0.25) is 0 Å². The molecule has 100 valence electrons. The van der Waals surface area contributed by atoms with Crippen molar-refractivity contribution in [1.82, 2.24) is 5.32 Å². The lowest BCUT2D eigenvalue weighted by Gasteiger charge is -2.11. The van der Waals surface area contributed by atoms with E-state index in [0.717, 1.165) is 13.0 Å². The van der Waals surface area contributed by atoms with Crippen LogP contribution in [-0.2, 0) is 0 Å². The van der Waals surface area contributed by atoms with E-state index in [2.05, 4.69) is 25.2 Å². The van der Waals surface area contributed by atoms with E-state index in [1.54, 1.807) is 0 Å². The number of hydrogen-bond acceptors (Lipinski definition) is 2. The van der Waals surface area contributed by atoms with Gasteiger partial charge in [0.25, 0.3) is 0 Å². The molecule has 0 spiro atoms. The van der Waals surface area contributed by atoms with Gasteiger partial charge < -0.3 is 5.32 Å². The lowest BCUT2D eigenvalue weighted by molar-refractivity contribution is 0.504. The van der Waals surface area contributed by atoms with Gasteiger partial charge in [-0.1, -0.05) is 65.2 Å². The van der Waals surface area contributed by atoms with Crippen LogP contribution < -0.4 is 5.32 Å². The third-order valence-electron chi connectivity index (χ3n) is 3.17. The van der Waals surface area contributed by atoms with Gasteiger partial charge in [0.1, 0.15) is 0 Å². The fourth-order valence-electron chi connectivity index (χ4n) is 1.99. The smallest absolute Gasteiger partial charge is 0.0952 e. The van der Waals surface area contributed by atoms with Gasteiger partial charge in [0.2, 0.25) is 0 Å². The molecule has 0 amide bonds. The van der Waals surface area contributed by atoms with Crippen LogP contribution in [0, 0.1) is 11.3 Å². The zero-order valence-electron chi connectivity index (χ0n) is 11.8. The molecule has 0 aliphatic carbocycles. The molecule has 0 saturated carbocycles. The summed E-state index contributed by atoms with van der Waals surface area (Å²) in [6.45, 7) is 5.46. The highest BCUT2D eigenvalue weighted by Crippen LogP contribution is 2.06. The number of nitrogens with one attached hydrogen (secondary N) is 1. The van der Waals surface area contributed by atoms with Crippen molar-refractivity contribution in [3.63, 3.8) is 0 Å². The van der Waals surface area contributed by atoms with Crippen LogP contribution in [0.4, 0.5) is 0 Å². The number of unbranched alkanes of at least 4 members (excludes halogenated alkanes) is 7. The zero-order valence-corrected chi connectivity index (χ0v) is 11.8. The third kappa shape index (κ3) is 11.7. The van der Waals surface area contributed by atoms with Gasteiger partial charge in [0, 0.05) is 0 Å². The first-order valence-corrected chi connectivity index (χ1v) is 7.48. The average molecular weight is 238 g/mol. The minimum absolute atomic E-state index is 0.0815. The van der Waals surface area contributed by atoms with E-state index in [0.29, 0.717) is 0 Å². The normalized spacial score (nSPS) is 12.3. The maximum Gasteiger partial charge on any atom is 0.0952 e. The van der Waals surface area contributed by atoms with Crippen molar-refractivity contribution in [2.24, 2.45) is 0 Å². The van der Waals surface area contributed by atoms with Gasteiger partial charge >= 0.3 is 0 Å². The SMILES string of the molecule is CCCCCCCNC(C#N)CCCCCC. The zero-order chi connectivity index (χ0) is 12.8. The molecule has 1 N–H and O–H groups in total. The van der Waals surface area contributed by atoms with Crippen LogP contribution in [0.1, 0.15) is 78.1 Å². The minimum atomic E-state index is 0.0815. The van der Waals surface area contributed by atoms with E-state index in [9.17, 15) is 0 Å². The Balaban J connectivity index is 3.33. The molecule has 0 radical (unpaired) electrons. The first kappa shape index (κ1) is 16.4. The summed E-state index contributed by atoms with van der Waals surface area (Å²) in [5.41, 5.74) is 0. The second-order valence-corrected chi connectivity index (χ2v) is 4.90. The van der Waals surface area contributed by atoms with E-state index in [1.807, 2.05) is 0 Å². The summed E-state index contributed by atoms with van der Waals surface area (Å²) in [6, 6.07) is 2.45. The third-order valence-corrected chi connectivity index (χ3v) is 3.17. The molecule has 0 rings (SSSR count). The summed E-state index contributed by atoms with van der Waals surface area (Å²) in [6.07, 6.45) is 12.5. The molecule has 0 heterocycles. The molecular formula is C15H30N2. The number of hydrogen-bond donors (Lipinski definition) is 1. The summed E-state index contributed by atoms with van der Waals surface area (Å²) >= 11 is 0. The number of rotatable bonds is 12. The molecule has 0 aromatic rings. The fourth-order valence-corrected chi connectivity index (χ4v) is 1.99. The van der Waals surface area contributed by atoms with E-state index in [-0.39, 0.29) is 6.04 Å². The molecule has 0 aliphatic heterocycles. The van der Waals surface area contributed by atoms with Gasteiger partial charge in [-0.15, -0.1) is 0 Å². The van der Waals surface area contributed by atoms with Gasteiger partial charge in [-0.3, -0.25) is 0 Å². The van der Waals surface area contributed by atoms with Gasteiger partial charge in [-0.05, 0) is 19.4 Å². The van der Waals surface area contributed by atoms with Gasteiger partial charge in [-0.2, -0.15) is 5.26 Å². The van der Waals surface area contributed by atoms with Gasteiger partial charge in [0.05, 0.1) is 12.1 Å². The monoisotopic (exact) mass is 238 g/mol. The predicted octanol–water partition coefficient (Wildman–Crippen LogP) is 4.41. The Bertz CT molecular complexity index is 184. The Morgan fingerprint density at radius 1 is 0.882 bits per heavy atom. The first-order chi connectivity index (χ1) is 8.35. The van der Waals surface area contributed by atoms with Crippen molar-refractivity contribution in [3.8, 4) is 6.07 Å². The van der Waals surface area contributed by atoms with E-state index >= 15 is 0 Å². The van der Waals surface area contributed by atoms with Crippen LogP contribution in [0.3, 0.4) is 0 Å². The van der Waals surface area contributed by atoms with Crippen LogP contribution in [-0.4, -0.2) is 12.6 Å². The van der Waals surface area contributed by atoms with Crippen molar-refractivity contribution in [1.29, 1.82) is 5.26 Å². The van der Waals surface area contributed by atoms with Crippen molar-refractivity contribution in [3.05, 3.63) is 0 Å². The quantitative estimate of drug-likeness (QED) is 0.511. The molecule has 2 heteroatoms. The van der Waals surface area contributed by atoms with Crippen molar-refractivity contribution < 1.29 is 0 Å². The lowest BCUT2D eigenvalue weighted by atomic mass is 10.1. The predicted molar refractivity (Wildman–Crippen MR) is 74.9 cm³/mol. The summed E-state index contributed by atoms with van der Waals surface area (Å²) in [4.78, 5) is 0. The van der Waals surface area contributed by atoms with E-state index in [4.69, 9.17) is 5.26 Å². The second-order valence-electron chi connectivity index (χ2n) is 4.90. The molecule has 1 atom stereocenters. The largest absolute Gasteiger partial charge is 0.302 e. The molecule has 17 heavy (non-hydrogen) atoms. The molecular weight excluding hydrogens is 208 g/mol. The fraction of sp³-hybridized carbons (Fsp3) is 0.933.